The number of hydrogen-bond acceptors (Lipinski definition) is 1. The first-order valence-corrected chi connectivity index (χ1v) is 6.37. The van der Waals surface area contributed by atoms with E-state index in [2.05, 4.69) is 0 Å². The molecule has 0 N–H and O–H groups in total. The number of alkyl halides is 1. The monoisotopic (exact) mass is 320 g/mol. The van der Waals surface area contributed by atoms with Gasteiger partial charge in [0.25, 0.3) is 0 Å². The molecule has 0 saturated heterocycles. The zero-order valence-corrected chi connectivity index (χ0v) is 11.8. The van der Waals surface area contributed by atoms with Gasteiger partial charge in [-0.25, -0.2) is 13.2 Å². The van der Waals surface area contributed by atoms with Crippen molar-refractivity contribution in [2.24, 2.45) is 0 Å². The Labute approximate surface area is 123 Å². The molecule has 20 heavy (non-hydrogen) atoms. The third kappa shape index (κ3) is 2.86. The van der Waals surface area contributed by atoms with Crippen LogP contribution in [0.5, 0.6) is 5.75 Å². The predicted octanol–water partition coefficient (Wildman–Crippen LogP) is 5.09. The van der Waals surface area contributed by atoms with Crippen LogP contribution in [0.25, 0.3) is 0 Å². The lowest BCUT2D eigenvalue weighted by molar-refractivity contribution is 0.405. The lowest BCUT2D eigenvalue weighted by Gasteiger charge is -2.14. The molecule has 0 aliphatic carbocycles. The Hall–Kier alpha value is -1.39. The fraction of sp³-hybridized carbons (Fsp3) is 0.143. The Balaban J connectivity index is 2.47. The maximum Gasteiger partial charge on any atom is 0.142 e. The molecule has 0 saturated carbocycles. The van der Waals surface area contributed by atoms with Crippen molar-refractivity contribution in [1.82, 2.24) is 0 Å². The molecule has 0 spiro atoms. The number of methoxy groups -OCH3 is 1. The second-order valence-electron chi connectivity index (χ2n) is 4.04. The Kier molecular flexibility index (Phi) is 4.45. The number of rotatable bonds is 3. The maximum atomic E-state index is 13.9. The van der Waals surface area contributed by atoms with Crippen molar-refractivity contribution < 1.29 is 17.9 Å². The Morgan fingerprint density at radius 1 is 1.00 bits per heavy atom. The van der Waals surface area contributed by atoms with Crippen LogP contribution in [0.15, 0.2) is 30.3 Å². The fourth-order valence-electron chi connectivity index (χ4n) is 1.76. The summed E-state index contributed by atoms with van der Waals surface area (Å²) in [6.07, 6.45) is 0. The van der Waals surface area contributed by atoms with Gasteiger partial charge in [0.05, 0.1) is 17.5 Å². The summed E-state index contributed by atoms with van der Waals surface area (Å²) in [4.78, 5) is 0. The zero-order chi connectivity index (χ0) is 14.9. The largest absolute Gasteiger partial charge is 0.497 e. The second-order valence-corrected chi connectivity index (χ2v) is 4.88. The van der Waals surface area contributed by atoms with Gasteiger partial charge in [-0.1, -0.05) is 17.7 Å². The highest BCUT2D eigenvalue weighted by Gasteiger charge is 2.22. The first-order valence-electron chi connectivity index (χ1n) is 5.56. The van der Waals surface area contributed by atoms with Crippen molar-refractivity contribution in [3.8, 4) is 5.75 Å². The number of hydrogen-bond donors (Lipinski definition) is 0. The van der Waals surface area contributed by atoms with Gasteiger partial charge in [0.15, 0.2) is 0 Å². The minimum atomic E-state index is -1.17. The molecular formula is C14H9Cl2F3O. The van der Waals surface area contributed by atoms with Gasteiger partial charge in [-0.05, 0) is 17.7 Å². The second kappa shape index (κ2) is 5.94. The molecule has 0 aliphatic rings. The van der Waals surface area contributed by atoms with E-state index in [1.807, 2.05) is 0 Å². The molecule has 2 aromatic rings. The van der Waals surface area contributed by atoms with Gasteiger partial charge in [-0.2, -0.15) is 0 Å². The summed E-state index contributed by atoms with van der Waals surface area (Å²) in [5.41, 5.74) is -0.161. The first kappa shape index (κ1) is 15.0. The summed E-state index contributed by atoms with van der Waals surface area (Å²) < 4.78 is 45.9. The molecule has 0 radical (unpaired) electrons. The highest BCUT2D eigenvalue weighted by Crippen LogP contribution is 2.35. The van der Waals surface area contributed by atoms with Crippen LogP contribution in [-0.2, 0) is 0 Å². The average molecular weight is 321 g/mol. The van der Waals surface area contributed by atoms with E-state index in [-0.39, 0.29) is 21.9 Å². The van der Waals surface area contributed by atoms with Gasteiger partial charge >= 0.3 is 0 Å². The van der Waals surface area contributed by atoms with E-state index < -0.39 is 22.8 Å². The van der Waals surface area contributed by atoms with Crippen LogP contribution in [0, 0.1) is 17.5 Å². The van der Waals surface area contributed by atoms with E-state index in [4.69, 9.17) is 27.9 Å². The lowest BCUT2D eigenvalue weighted by Crippen LogP contribution is -2.02. The van der Waals surface area contributed by atoms with Gasteiger partial charge in [0.1, 0.15) is 23.2 Å². The molecule has 6 heteroatoms. The zero-order valence-electron chi connectivity index (χ0n) is 10.3. The van der Waals surface area contributed by atoms with E-state index in [9.17, 15) is 13.2 Å². The van der Waals surface area contributed by atoms with Gasteiger partial charge < -0.3 is 4.74 Å². The predicted molar refractivity (Wildman–Crippen MR) is 72.0 cm³/mol. The van der Waals surface area contributed by atoms with Crippen LogP contribution in [-0.4, -0.2) is 7.11 Å². The highest BCUT2D eigenvalue weighted by atomic mass is 35.5. The molecular weight excluding hydrogens is 312 g/mol. The maximum absolute atomic E-state index is 13.9. The normalized spacial score (nSPS) is 12.3. The molecule has 0 fully saturated rings. The quantitative estimate of drug-likeness (QED) is 0.715. The van der Waals surface area contributed by atoms with Crippen molar-refractivity contribution in [2.75, 3.05) is 7.11 Å². The van der Waals surface area contributed by atoms with E-state index in [0.717, 1.165) is 18.2 Å². The van der Waals surface area contributed by atoms with Crippen LogP contribution in [0.1, 0.15) is 16.5 Å². The first-order chi connectivity index (χ1) is 9.43. The smallest absolute Gasteiger partial charge is 0.142 e. The average Bonchev–Trinajstić information content (AvgIpc) is 2.40. The summed E-state index contributed by atoms with van der Waals surface area (Å²) >= 11 is 11.6. The molecule has 0 aromatic heterocycles. The third-order valence-corrected chi connectivity index (χ3v) is 3.55. The third-order valence-electron chi connectivity index (χ3n) is 2.78. The summed E-state index contributed by atoms with van der Waals surface area (Å²) in [6.45, 7) is 0. The fourth-order valence-corrected chi connectivity index (χ4v) is 2.22. The molecule has 1 atom stereocenters. The Morgan fingerprint density at radius 2 is 1.60 bits per heavy atom. The molecule has 0 bridgehead atoms. The molecule has 0 aliphatic heterocycles. The van der Waals surface area contributed by atoms with Gasteiger partial charge in [0, 0.05) is 17.7 Å². The minimum Gasteiger partial charge on any atom is -0.497 e. The van der Waals surface area contributed by atoms with Crippen molar-refractivity contribution in [3.05, 3.63) is 63.9 Å². The summed E-state index contributed by atoms with van der Waals surface area (Å²) in [5, 5.41) is -1.26. The SMILES string of the molecule is COc1cc(F)c(C(Cl)c2ccc(Cl)c(F)c2)c(F)c1. The number of benzene rings is 2. The molecule has 1 unspecified atom stereocenters. The van der Waals surface area contributed by atoms with Gasteiger partial charge in [0.2, 0.25) is 0 Å². The highest BCUT2D eigenvalue weighted by molar-refractivity contribution is 6.30. The van der Waals surface area contributed by atoms with Gasteiger partial charge in [-0.15, -0.1) is 11.6 Å². The standard InChI is InChI=1S/C14H9Cl2F3O/c1-20-8-5-11(18)13(12(19)6-8)14(16)7-2-3-9(15)10(17)4-7/h2-6,14H,1H3. The molecule has 0 amide bonds. The summed E-state index contributed by atoms with van der Waals surface area (Å²) in [6, 6.07) is 5.76. The molecule has 1 nitrogen and oxygen atoms in total. The molecule has 106 valence electrons. The van der Waals surface area contributed by atoms with E-state index in [0.29, 0.717) is 0 Å². The van der Waals surface area contributed by atoms with Crippen molar-refractivity contribution in [3.63, 3.8) is 0 Å². The van der Waals surface area contributed by atoms with E-state index in [1.165, 1.54) is 19.2 Å². The van der Waals surface area contributed by atoms with Crippen LogP contribution >= 0.6 is 23.2 Å². The molecule has 2 rings (SSSR count). The van der Waals surface area contributed by atoms with E-state index >= 15 is 0 Å². The summed E-state index contributed by atoms with van der Waals surface area (Å²) in [5.74, 6) is -2.39. The Bertz CT molecular complexity index is 623. The Morgan fingerprint density at radius 3 is 2.10 bits per heavy atom. The summed E-state index contributed by atoms with van der Waals surface area (Å²) in [7, 11) is 1.29. The molecule has 0 heterocycles. The minimum absolute atomic E-state index is 0.0369. The van der Waals surface area contributed by atoms with Crippen molar-refractivity contribution in [1.29, 1.82) is 0 Å². The lowest BCUT2D eigenvalue weighted by atomic mass is 10.0. The van der Waals surface area contributed by atoms with Crippen molar-refractivity contribution in [2.45, 2.75) is 5.38 Å². The topological polar surface area (TPSA) is 9.23 Å². The van der Waals surface area contributed by atoms with Crippen LogP contribution in [0.3, 0.4) is 0 Å². The van der Waals surface area contributed by atoms with E-state index in [1.54, 1.807) is 0 Å². The van der Waals surface area contributed by atoms with Crippen molar-refractivity contribution >= 4 is 23.2 Å². The number of ether oxygens (including phenoxy) is 1. The molecule has 2 aromatic carbocycles. The van der Waals surface area contributed by atoms with Gasteiger partial charge in [-0.3, -0.25) is 0 Å². The number of halogens is 5. The van der Waals surface area contributed by atoms with Crippen LogP contribution in [0.4, 0.5) is 13.2 Å². The van der Waals surface area contributed by atoms with Crippen LogP contribution in [0.2, 0.25) is 5.02 Å². The van der Waals surface area contributed by atoms with Crippen LogP contribution < -0.4 is 4.74 Å².